The highest BCUT2D eigenvalue weighted by Gasteiger charge is 2.54. The second kappa shape index (κ2) is 3.84. The molecule has 0 bridgehead atoms. The van der Waals surface area contributed by atoms with Gasteiger partial charge in [-0.15, -0.1) is 0 Å². The minimum absolute atomic E-state index is 0.350. The summed E-state index contributed by atoms with van der Waals surface area (Å²) in [6.07, 6.45) is 1.65. The first-order valence-corrected chi connectivity index (χ1v) is 6.93. The Morgan fingerprint density at radius 1 is 1.00 bits per heavy atom. The van der Waals surface area contributed by atoms with Gasteiger partial charge < -0.3 is 14.4 Å². The van der Waals surface area contributed by atoms with Crippen molar-refractivity contribution in [2.45, 2.75) is 57.3 Å². The van der Waals surface area contributed by atoms with Gasteiger partial charge in [-0.05, 0) is 51.6 Å². The predicted molar refractivity (Wildman–Crippen MR) is 75.3 cm³/mol. The van der Waals surface area contributed by atoms with E-state index in [-0.39, 0.29) is 11.2 Å². The maximum absolute atomic E-state index is 10.4. The van der Waals surface area contributed by atoms with Crippen molar-refractivity contribution in [3.8, 4) is 0 Å². The van der Waals surface area contributed by atoms with Crippen LogP contribution in [0.15, 0.2) is 24.3 Å². The molecule has 0 spiro atoms. The monoisotopic (exact) mass is 260 g/mol. The van der Waals surface area contributed by atoms with Crippen LogP contribution in [0.2, 0.25) is 0 Å². The SMILES string of the molecule is CC1(C)OB(c2ccccc2C2(O)CC2)OC1(C)C. The van der Waals surface area contributed by atoms with E-state index in [1.807, 2.05) is 52.0 Å². The lowest BCUT2D eigenvalue weighted by Gasteiger charge is -2.32. The van der Waals surface area contributed by atoms with Crippen molar-refractivity contribution < 1.29 is 14.4 Å². The molecule has 1 aromatic carbocycles. The van der Waals surface area contributed by atoms with Gasteiger partial charge >= 0.3 is 7.12 Å². The van der Waals surface area contributed by atoms with Crippen LogP contribution < -0.4 is 5.46 Å². The van der Waals surface area contributed by atoms with Crippen LogP contribution in [-0.2, 0) is 14.9 Å². The molecule has 4 heteroatoms. The number of benzene rings is 1. The molecule has 1 aliphatic heterocycles. The Morgan fingerprint density at radius 3 is 2.05 bits per heavy atom. The molecular weight excluding hydrogens is 239 g/mol. The Labute approximate surface area is 115 Å². The first-order chi connectivity index (χ1) is 8.75. The lowest BCUT2D eigenvalue weighted by atomic mass is 9.74. The van der Waals surface area contributed by atoms with E-state index in [2.05, 4.69) is 0 Å². The molecule has 1 saturated carbocycles. The number of rotatable bonds is 2. The van der Waals surface area contributed by atoms with Crippen molar-refractivity contribution in [2.24, 2.45) is 0 Å². The van der Waals surface area contributed by atoms with Crippen LogP contribution >= 0.6 is 0 Å². The van der Waals surface area contributed by atoms with E-state index in [1.54, 1.807) is 0 Å². The van der Waals surface area contributed by atoms with Gasteiger partial charge in [0.15, 0.2) is 0 Å². The van der Waals surface area contributed by atoms with Crippen LogP contribution in [0.3, 0.4) is 0 Å². The summed E-state index contributed by atoms with van der Waals surface area (Å²) in [5, 5.41) is 10.4. The fourth-order valence-corrected chi connectivity index (χ4v) is 2.48. The number of hydrogen-bond acceptors (Lipinski definition) is 3. The molecule has 1 saturated heterocycles. The molecule has 0 amide bonds. The van der Waals surface area contributed by atoms with Gasteiger partial charge in [-0.25, -0.2) is 0 Å². The highest BCUT2D eigenvalue weighted by Crippen LogP contribution is 2.45. The molecular formula is C15H21BO3. The van der Waals surface area contributed by atoms with E-state index in [4.69, 9.17) is 9.31 Å². The fourth-order valence-electron chi connectivity index (χ4n) is 2.48. The smallest absolute Gasteiger partial charge is 0.399 e. The Hall–Kier alpha value is -0.835. The van der Waals surface area contributed by atoms with Crippen LogP contribution in [0.5, 0.6) is 0 Å². The van der Waals surface area contributed by atoms with E-state index in [0.717, 1.165) is 23.9 Å². The summed E-state index contributed by atoms with van der Waals surface area (Å²) in [6, 6.07) is 7.90. The summed E-state index contributed by atoms with van der Waals surface area (Å²) in [5.74, 6) is 0. The molecule has 1 aliphatic carbocycles. The third-order valence-electron chi connectivity index (χ3n) is 4.69. The third-order valence-corrected chi connectivity index (χ3v) is 4.69. The lowest BCUT2D eigenvalue weighted by molar-refractivity contribution is 0.00578. The lowest BCUT2D eigenvalue weighted by Crippen LogP contribution is -2.41. The predicted octanol–water partition coefficient (Wildman–Crippen LogP) is 1.97. The zero-order valence-corrected chi connectivity index (χ0v) is 12.1. The number of aliphatic hydroxyl groups is 1. The quantitative estimate of drug-likeness (QED) is 0.826. The fraction of sp³-hybridized carbons (Fsp3) is 0.600. The highest BCUT2D eigenvalue weighted by molar-refractivity contribution is 6.62. The average Bonchev–Trinajstić information content (AvgIpc) is 3.02. The van der Waals surface area contributed by atoms with E-state index in [9.17, 15) is 5.11 Å². The van der Waals surface area contributed by atoms with Crippen LogP contribution in [-0.4, -0.2) is 23.4 Å². The Bertz CT molecular complexity index is 490. The topological polar surface area (TPSA) is 38.7 Å². The molecule has 1 aromatic rings. The minimum atomic E-state index is -0.666. The third kappa shape index (κ3) is 2.02. The molecule has 0 atom stereocenters. The zero-order chi connectivity index (χ0) is 13.9. The molecule has 0 unspecified atom stereocenters. The highest BCUT2D eigenvalue weighted by atomic mass is 16.7. The second-order valence-corrected chi connectivity index (χ2v) is 6.71. The normalized spacial score (nSPS) is 26.5. The van der Waals surface area contributed by atoms with Gasteiger partial charge in [-0.3, -0.25) is 0 Å². The molecule has 3 nitrogen and oxygen atoms in total. The van der Waals surface area contributed by atoms with Crippen LogP contribution in [0.1, 0.15) is 46.1 Å². The maximum atomic E-state index is 10.4. The van der Waals surface area contributed by atoms with Crippen LogP contribution in [0.4, 0.5) is 0 Å². The van der Waals surface area contributed by atoms with Gasteiger partial charge in [0.05, 0.1) is 16.8 Å². The van der Waals surface area contributed by atoms with Gasteiger partial charge in [-0.2, -0.15) is 0 Å². The van der Waals surface area contributed by atoms with Gasteiger partial charge in [-0.1, -0.05) is 24.3 Å². The van der Waals surface area contributed by atoms with Gasteiger partial charge in [0.25, 0.3) is 0 Å². The first kappa shape index (κ1) is 13.2. The van der Waals surface area contributed by atoms with Crippen molar-refractivity contribution in [1.82, 2.24) is 0 Å². The van der Waals surface area contributed by atoms with Crippen molar-refractivity contribution in [2.75, 3.05) is 0 Å². The van der Waals surface area contributed by atoms with E-state index in [0.29, 0.717) is 0 Å². The van der Waals surface area contributed by atoms with E-state index < -0.39 is 12.7 Å². The molecule has 1 heterocycles. The van der Waals surface area contributed by atoms with E-state index >= 15 is 0 Å². The first-order valence-electron chi connectivity index (χ1n) is 6.93. The molecule has 3 rings (SSSR count). The summed E-state index contributed by atoms with van der Waals surface area (Å²) < 4.78 is 12.2. The molecule has 0 radical (unpaired) electrons. The molecule has 1 N–H and O–H groups in total. The van der Waals surface area contributed by atoms with Gasteiger partial charge in [0.1, 0.15) is 0 Å². The van der Waals surface area contributed by atoms with Crippen LogP contribution in [0.25, 0.3) is 0 Å². The summed E-state index contributed by atoms with van der Waals surface area (Å²) in [4.78, 5) is 0. The minimum Gasteiger partial charge on any atom is -0.399 e. The Balaban J connectivity index is 1.97. The average molecular weight is 260 g/mol. The van der Waals surface area contributed by atoms with Gasteiger partial charge in [0.2, 0.25) is 0 Å². The summed E-state index contributed by atoms with van der Waals surface area (Å²) in [5.41, 5.74) is 0.545. The van der Waals surface area contributed by atoms with Crippen molar-refractivity contribution in [3.63, 3.8) is 0 Å². The zero-order valence-electron chi connectivity index (χ0n) is 12.1. The summed E-state index contributed by atoms with van der Waals surface area (Å²) >= 11 is 0. The van der Waals surface area contributed by atoms with E-state index in [1.165, 1.54) is 0 Å². The molecule has 102 valence electrons. The Kier molecular flexibility index (Phi) is 2.66. The largest absolute Gasteiger partial charge is 0.495 e. The number of hydrogen-bond donors (Lipinski definition) is 1. The summed E-state index contributed by atoms with van der Waals surface area (Å²) in [7, 11) is -0.397. The van der Waals surface area contributed by atoms with Crippen molar-refractivity contribution in [1.29, 1.82) is 0 Å². The second-order valence-electron chi connectivity index (χ2n) is 6.71. The summed E-state index contributed by atoms with van der Waals surface area (Å²) in [6.45, 7) is 8.17. The molecule has 2 aliphatic rings. The Morgan fingerprint density at radius 2 is 1.53 bits per heavy atom. The van der Waals surface area contributed by atoms with Crippen LogP contribution in [0, 0.1) is 0 Å². The van der Waals surface area contributed by atoms with Crippen molar-refractivity contribution >= 4 is 12.6 Å². The maximum Gasteiger partial charge on any atom is 0.495 e. The molecule has 0 aromatic heterocycles. The standard InChI is InChI=1S/C15H21BO3/c1-13(2)14(3,4)19-16(18-13)12-8-6-5-7-11(12)15(17)9-10-15/h5-8,17H,9-10H2,1-4H3. The van der Waals surface area contributed by atoms with Gasteiger partial charge in [0, 0.05) is 0 Å². The van der Waals surface area contributed by atoms with Crippen molar-refractivity contribution in [3.05, 3.63) is 29.8 Å². The molecule has 2 fully saturated rings. The molecule has 19 heavy (non-hydrogen) atoms.